The molecule has 1 atom stereocenters. The minimum Gasteiger partial charge on any atom is -0.497 e. The molecule has 2 heterocycles. The summed E-state index contributed by atoms with van der Waals surface area (Å²) < 4.78 is 25.2. The van der Waals surface area contributed by atoms with Crippen molar-refractivity contribution in [2.24, 2.45) is 4.99 Å². The third-order valence-corrected chi connectivity index (χ3v) is 8.44. The van der Waals surface area contributed by atoms with E-state index in [2.05, 4.69) is 15.9 Å². The van der Waals surface area contributed by atoms with Crippen LogP contribution in [0.1, 0.15) is 44.9 Å². The van der Waals surface area contributed by atoms with Gasteiger partial charge in [-0.1, -0.05) is 11.3 Å². The lowest BCUT2D eigenvalue weighted by molar-refractivity contribution is -0.127. The number of thiazole rings is 1. The van der Waals surface area contributed by atoms with Gasteiger partial charge in [-0.15, -0.1) is 0 Å². The zero-order valence-corrected chi connectivity index (χ0v) is 26.6. The summed E-state index contributed by atoms with van der Waals surface area (Å²) >= 11 is 4.82. The van der Waals surface area contributed by atoms with Crippen LogP contribution in [0.25, 0.3) is 6.08 Å². The average molecular weight is 645 g/mol. The highest BCUT2D eigenvalue weighted by atomic mass is 79.9. The second kappa shape index (κ2) is 12.9. The summed E-state index contributed by atoms with van der Waals surface area (Å²) in [7, 11) is 4.71. The van der Waals surface area contributed by atoms with Crippen molar-refractivity contribution < 1.29 is 23.7 Å². The van der Waals surface area contributed by atoms with Crippen LogP contribution in [-0.4, -0.2) is 56.4 Å². The number of aromatic nitrogens is 1. The number of carbonyl (C=O) groups is 1. The lowest BCUT2D eigenvalue weighted by atomic mass is 9.93. The summed E-state index contributed by atoms with van der Waals surface area (Å²) in [5.74, 6) is 2.07. The van der Waals surface area contributed by atoms with Gasteiger partial charge in [-0.25, -0.2) is 4.99 Å². The molecule has 2 aromatic carbocycles. The molecule has 0 radical (unpaired) electrons. The minimum atomic E-state index is -0.770. The molecule has 1 amide bonds. The smallest absolute Gasteiger partial charge is 0.271 e. The van der Waals surface area contributed by atoms with Gasteiger partial charge >= 0.3 is 0 Å². The molecular formula is C30H34BrN3O6S. The molecule has 3 aromatic rings. The van der Waals surface area contributed by atoms with Gasteiger partial charge in [0.1, 0.15) is 17.5 Å². The molecule has 4 rings (SSSR count). The fourth-order valence-corrected chi connectivity index (χ4v) is 6.50. The highest BCUT2D eigenvalue weighted by Crippen LogP contribution is 2.39. The van der Waals surface area contributed by atoms with Crippen LogP contribution in [0, 0.1) is 0 Å². The Morgan fingerprint density at radius 2 is 1.78 bits per heavy atom. The van der Waals surface area contributed by atoms with Gasteiger partial charge in [0, 0.05) is 18.7 Å². The third kappa shape index (κ3) is 5.78. The Hall–Kier alpha value is -3.57. The van der Waals surface area contributed by atoms with Crippen molar-refractivity contribution in [3.63, 3.8) is 0 Å². The molecule has 0 saturated heterocycles. The molecule has 11 heteroatoms. The number of halogens is 1. The number of benzene rings is 2. The summed E-state index contributed by atoms with van der Waals surface area (Å²) in [4.78, 5) is 35.0. The van der Waals surface area contributed by atoms with Crippen LogP contribution >= 0.6 is 27.3 Å². The molecule has 0 spiro atoms. The molecule has 41 heavy (non-hydrogen) atoms. The molecule has 0 N–H and O–H groups in total. The zero-order chi connectivity index (χ0) is 29.8. The zero-order valence-electron chi connectivity index (χ0n) is 24.2. The monoisotopic (exact) mass is 643 g/mol. The number of ether oxygens (including phenoxy) is 4. The average Bonchev–Trinajstić information content (AvgIpc) is 3.27. The minimum absolute atomic E-state index is 0.180. The molecule has 0 aliphatic carbocycles. The number of likely N-dealkylation sites (N-methyl/N-ethyl adjacent to an activating group) is 1. The largest absolute Gasteiger partial charge is 0.497 e. The van der Waals surface area contributed by atoms with E-state index >= 15 is 0 Å². The van der Waals surface area contributed by atoms with E-state index in [1.807, 2.05) is 45.9 Å². The van der Waals surface area contributed by atoms with Crippen molar-refractivity contribution >= 4 is 39.2 Å². The van der Waals surface area contributed by atoms with Crippen molar-refractivity contribution in [3.8, 4) is 23.0 Å². The van der Waals surface area contributed by atoms with Gasteiger partial charge in [-0.3, -0.25) is 14.2 Å². The molecular weight excluding hydrogens is 610 g/mol. The maximum Gasteiger partial charge on any atom is 0.271 e. The van der Waals surface area contributed by atoms with Crippen LogP contribution in [-0.2, 0) is 4.79 Å². The van der Waals surface area contributed by atoms with Crippen molar-refractivity contribution in [2.75, 3.05) is 41.0 Å². The Morgan fingerprint density at radius 3 is 2.39 bits per heavy atom. The van der Waals surface area contributed by atoms with Gasteiger partial charge in [0.15, 0.2) is 16.3 Å². The maximum absolute atomic E-state index is 14.1. The molecule has 0 saturated carbocycles. The summed E-state index contributed by atoms with van der Waals surface area (Å²) in [6, 6.07) is 8.29. The number of allylic oxidation sites excluding steroid dienone is 1. The lowest BCUT2D eigenvalue weighted by Crippen LogP contribution is -2.43. The van der Waals surface area contributed by atoms with Gasteiger partial charge in [0.2, 0.25) is 0 Å². The first-order valence-corrected chi connectivity index (χ1v) is 14.9. The van der Waals surface area contributed by atoms with Gasteiger partial charge in [0.25, 0.3) is 11.5 Å². The van der Waals surface area contributed by atoms with E-state index in [0.29, 0.717) is 73.3 Å². The lowest BCUT2D eigenvalue weighted by Gasteiger charge is -2.30. The van der Waals surface area contributed by atoms with Gasteiger partial charge in [-0.05, 0) is 85.6 Å². The molecule has 0 unspecified atom stereocenters. The molecule has 1 aliphatic rings. The summed E-state index contributed by atoms with van der Waals surface area (Å²) in [6.45, 7) is 9.08. The Balaban J connectivity index is 2.00. The van der Waals surface area contributed by atoms with Crippen LogP contribution in [0.3, 0.4) is 0 Å². The first kappa shape index (κ1) is 30.4. The van der Waals surface area contributed by atoms with E-state index in [1.54, 1.807) is 49.0 Å². The van der Waals surface area contributed by atoms with Crippen molar-refractivity contribution in [2.45, 2.75) is 33.7 Å². The number of rotatable bonds is 10. The Morgan fingerprint density at radius 1 is 1.07 bits per heavy atom. The first-order valence-electron chi connectivity index (χ1n) is 13.3. The number of fused-ring (bicyclic) bond motifs is 1. The van der Waals surface area contributed by atoms with E-state index in [0.717, 1.165) is 5.56 Å². The molecule has 1 aromatic heterocycles. The van der Waals surface area contributed by atoms with Crippen molar-refractivity contribution in [1.29, 1.82) is 0 Å². The topological polar surface area (TPSA) is 91.6 Å². The molecule has 1 aliphatic heterocycles. The van der Waals surface area contributed by atoms with Crippen molar-refractivity contribution in [3.05, 3.63) is 76.9 Å². The van der Waals surface area contributed by atoms with Gasteiger partial charge < -0.3 is 23.8 Å². The van der Waals surface area contributed by atoms with Gasteiger partial charge in [0.05, 0.1) is 48.2 Å². The fraction of sp³-hybridized carbons (Fsp3) is 0.367. The number of methoxy groups -OCH3 is 3. The van der Waals surface area contributed by atoms with E-state index in [-0.39, 0.29) is 11.5 Å². The highest BCUT2D eigenvalue weighted by molar-refractivity contribution is 9.10. The van der Waals surface area contributed by atoms with E-state index < -0.39 is 6.04 Å². The maximum atomic E-state index is 14.1. The van der Waals surface area contributed by atoms with Crippen LogP contribution in [0.15, 0.2) is 55.9 Å². The predicted octanol–water partition coefficient (Wildman–Crippen LogP) is 4.29. The number of carbonyl (C=O) groups excluding carboxylic acids is 1. The van der Waals surface area contributed by atoms with E-state index in [4.69, 9.17) is 23.9 Å². The molecule has 0 fully saturated rings. The number of amides is 1. The quantitative estimate of drug-likeness (QED) is 0.327. The Labute approximate surface area is 251 Å². The standard InChI is InChI=1S/C30H34BrN3O6S/c1-8-33(9-2)29(36)25-17(4)32-30-34(26(25)20-16-19(37-5)11-12-22(20)38-6)28(35)24(41-30)15-18-13-21(31)27(40-10-3)23(14-18)39-7/h11-16,26H,8-10H2,1-7H3/b24-15+/t26-/m1/s1. The van der Waals surface area contributed by atoms with Crippen LogP contribution in [0.5, 0.6) is 23.0 Å². The second-order valence-electron chi connectivity index (χ2n) is 9.13. The van der Waals surface area contributed by atoms with Crippen LogP contribution in [0.4, 0.5) is 0 Å². The summed E-state index contributed by atoms with van der Waals surface area (Å²) in [5, 5.41) is 0. The summed E-state index contributed by atoms with van der Waals surface area (Å²) in [6.07, 6.45) is 1.79. The SMILES string of the molecule is CCOc1c(Br)cc(/C=c2/sc3n(c2=O)[C@H](c2cc(OC)ccc2OC)C(C(=O)N(CC)CC)=C(C)N=3)cc1OC. The Bertz CT molecular complexity index is 1670. The number of nitrogens with zero attached hydrogens (tertiary/aromatic N) is 3. The molecule has 218 valence electrons. The third-order valence-electron chi connectivity index (χ3n) is 6.87. The van der Waals surface area contributed by atoms with Crippen molar-refractivity contribution in [1.82, 2.24) is 9.47 Å². The van der Waals surface area contributed by atoms with Crippen LogP contribution in [0.2, 0.25) is 0 Å². The molecule has 9 nitrogen and oxygen atoms in total. The second-order valence-corrected chi connectivity index (χ2v) is 11.0. The predicted molar refractivity (Wildman–Crippen MR) is 163 cm³/mol. The number of hydrogen-bond donors (Lipinski definition) is 0. The molecule has 0 bridgehead atoms. The highest BCUT2D eigenvalue weighted by Gasteiger charge is 2.36. The van der Waals surface area contributed by atoms with E-state index in [1.165, 1.54) is 11.3 Å². The number of hydrogen-bond acceptors (Lipinski definition) is 8. The van der Waals surface area contributed by atoms with Gasteiger partial charge in [-0.2, -0.15) is 0 Å². The summed E-state index contributed by atoms with van der Waals surface area (Å²) in [5.41, 5.74) is 2.08. The Kier molecular flexibility index (Phi) is 9.60. The fourth-order valence-electron chi connectivity index (χ4n) is 4.88. The first-order chi connectivity index (χ1) is 19.7. The normalized spacial score (nSPS) is 14.8. The van der Waals surface area contributed by atoms with Crippen LogP contribution < -0.4 is 33.8 Å². The van der Waals surface area contributed by atoms with E-state index in [9.17, 15) is 9.59 Å².